The van der Waals surface area contributed by atoms with Gasteiger partial charge in [0.15, 0.2) is 11.5 Å². The first-order valence-electron chi connectivity index (χ1n) is 8.74. The molecule has 0 atom stereocenters. The maximum atomic E-state index is 12.7. The van der Waals surface area contributed by atoms with Gasteiger partial charge in [0, 0.05) is 19.2 Å². The zero-order valence-corrected chi connectivity index (χ0v) is 15.8. The topological polar surface area (TPSA) is 38.8 Å². The van der Waals surface area contributed by atoms with Gasteiger partial charge >= 0.3 is 0 Å². The molecular weight excluding hydrogens is 338 g/mol. The second-order valence-corrected chi connectivity index (χ2v) is 6.29. The Morgan fingerprint density at radius 1 is 0.815 bits per heavy atom. The Morgan fingerprint density at radius 2 is 1.44 bits per heavy atom. The summed E-state index contributed by atoms with van der Waals surface area (Å²) in [6, 6.07) is 23.7. The molecule has 4 nitrogen and oxygen atoms in total. The van der Waals surface area contributed by atoms with Crippen LogP contribution in [0.4, 0.5) is 0 Å². The van der Waals surface area contributed by atoms with Crippen molar-refractivity contribution in [2.24, 2.45) is 0 Å². The lowest BCUT2D eigenvalue weighted by molar-refractivity contribution is 0.0784. The molecule has 0 heterocycles. The van der Waals surface area contributed by atoms with Gasteiger partial charge < -0.3 is 14.4 Å². The van der Waals surface area contributed by atoms with Crippen molar-refractivity contribution in [3.8, 4) is 22.6 Å². The summed E-state index contributed by atoms with van der Waals surface area (Å²) in [6.45, 7) is 0.530. The summed E-state index contributed by atoms with van der Waals surface area (Å²) in [5, 5.41) is 0. The molecule has 0 N–H and O–H groups in total. The van der Waals surface area contributed by atoms with Crippen LogP contribution in [0, 0.1) is 0 Å². The van der Waals surface area contributed by atoms with Crippen LogP contribution in [-0.4, -0.2) is 32.1 Å². The minimum atomic E-state index is -0.0666. The molecule has 0 aliphatic rings. The minimum Gasteiger partial charge on any atom is -0.493 e. The number of rotatable bonds is 6. The normalized spacial score (nSPS) is 10.3. The highest BCUT2D eigenvalue weighted by Gasteiger charge is 2.15. The predicted molar refractivity (Wildman–Crippen MR) is 107 cm³/mol. The number of amides is 1. The average Bonchev–Trinajstić information content (AvgIpc) is 2.73. The molecule has 0 spiro atoms. The van der Waals surface area contributed by atoms with Crippen molar-refractivity contribution >= 4 is 5.91 Å². The SMILES string of the molecule is COc1ccc(C(=O)N(C)Cc2ccc(-c3ccccc3)cc2)cc1OC. The molecule has 1 amide bonds. The summed E-state index contributed by atoms with van der Waals surface area (Å²) in [5.41, 5.74) is 3.98. The lowest BCUT2D eigenvalue weighted by atomic mass is 10.0. The van der Waals surface area contributed by atoms with Gasteiger partial charge in [0.1, 0.15) is 0 Å². The molecule has 0 radical (unpaired) electrons. The zero-order chi connectivity index (χ0) is 19.2. The fourth-order valence-corrected chi connectivity index (χ4v) is 2.97. The van der Waals surface area contributed by atoms with Crippen LogP contribution >= 0.6 is 0 Å². The van der Waals surface area contributed by atoms with Crippen molar-refractivity contribution in [1.29, 1.82) is 0 Å². The van der Waals surface area contributed by atoms with Crippen LogP contribution in [0.15, 0.2) is 72.8 Å². The molecule has 0 saturated carbocycles. The summed E-state index contributed by atoms with van der Waals surface area (Å²) in [5.74, 6) is 1.08. The molecule has 3 aromatic rings. The van der Waals surface area contributed by atoms with Gasteiger partial charge in [-0.3, -0.25) is 4.79 Å². The van der Waals surface area contributed by atoms with Gasteiger partial charge in [0.05, 0.1) is 14.2 Å². The molecule has 3 aromatic carbocycles. The van der Waals surface area contributed by atoms with Crippen molar-refractivity contribution in [3.05, 3.63) is 83.9 Å². The third-order valence-electron chi connectivity index (χ3n) is 4.46. The predicted octanol–water partition coefficient (Wildman–Crippen LogP) is 4.64. The van der Waals surface area contributed by atoms with E-state index in [1.807, 2.05) is 18.2 Å². The number of hydrogen-bond donors (Lipinski definition) is 0. The Bertz CT molecular complexity index is 905. The Balaban J connectivity index is 1.71. The van der Waals surface area contributed by atoms with Gasteiger partial charge in [-0.15, -0.1) is 0 Å². The highest BCUT2D eigenvalue weighted by Crippen LogP contribution is 2.28. The standard InChI is InChI=1S/C23H23NO3/c1-24(23(25)20-13-14-21(26-2)22(15-20)27-3)16-17-9-11-19(12-10-17)18-7-5-4-6-8-18/h4-15H,16H2,1-3H3. The van der Waals surface area contributed by atoms with Crippen molar-refractivity contribution in [2.45, 2.75) is 6.54 Å². The Hall–Kier alpha value is -3.27. The van der Waals surface area contributed by atoms with Crippen LogP contribution in [-0.2, 0) is 6.54 Å². The summed E-state index contributed by atoms with van der Waals surface area (Å²) < 4.78 is 10.5. The molecule has 3 rings (SSSR count). The zero-order valence-electron chi connectivity index (χ0n) is 15.8. The fraction of sp³-hybridized carbons (Fsp3) is 0.174. The summed E-state index contributed by atoms with van der Waals surface area (Å²) >= 11 is 0. The van der Waals surface area contributed by atoms with E-state index in [9.17, 15) is 4.79 Å². The highest BCUT2D eigenvalue weighted by atomic mass is 16.5. The molecule has 0 unspecified atom stereocenters. The molecule has 0 fully saturated rings. The van der Waals surface area contributed by atoms with E-state index >= 15 is 0 Å². The minimum absolute atomic E-state index is 0.0666. The van der Waals surface area contributed by atoms with Crippen LogP contribution in [0.3, 0.4) is 0 Å². The van der Waals surface area contributed by atoms with Gasteiger partial charge in [0.25, 0.3) is 5.91 Å². The Morgan fingerprint density at radius 3 is 2.07 bits per heavy atom. The number of hydrogen-bond acceptors (Lipinski definition) is 3. The number of methoxy groups -OCH3 is 2. The van der Waals surface area contributed by atoms with Crippen molar-refractivity contribution < 1.29 is 14.3 Å². The van der Waals surface area contributed by atoms with Crippen molar-refractivity contribution in [1.82, 2.24) is 4.90 Å². The molecule has 138 valence electrons. The van der Waals surface area contributed by atoms with Gasteiger partial charge in [-0.25, -0.2) is 0 Å². The van der Waals surface area contributed by atoms with E-state index in [2.05, 4.69) is 36.4 Å². The van der Waals surface area contributed by atoms with Crippen LogP contribution in [0.1, 0.15) is 15.9 Å². The van der Waals surface area contributed by atoms with E-state index < -0.39 is 0 Å². The van der Waals surface area contributed by atoms with Crippen LogP contribution in [0.5, 0.6) is 11.5 Å². The Labute approximate surface area is 160 Å². The van der Waals surface area contributed by atoms with E-state index in [1.165, 1.54) is 5.56 Å². The van der Waals surface area contributed by atoms with E-state index in [-0.39, 0.29) is 5.91 Å². The van der Waals surface area contributed by atoms with E-state index in [4.69, 9.17) is 9.47 Å². The second-order valence-electron chi connectivity index (χ2n) is 6.29. The maximum Gasteiger partial charge on any atom is 0.254 e. The first-order chi connectivity index (χ1) is 13.1. The van der Waals surface area contributed by atoms with E-state index in [0.29, 0.717) is 23.6 Å². The number of carbonyl (C=O) groups is 1. The molecule has 0 saturated heterocycles. The van der Waals surface area contributed by atoms with Gasteiger partial charge in [0.2, 0.25) is 0 Å². The van der Waals surface area contributed by atoms with E-state index in [0.717, 1.165) is 11.1 Å². The maximum absolute atomic E-state index is 12.7. The smallest absolute Gasteiger partial charge is 0.254 e. The first kappa shape index (κ1) is 18.5. The van der Waals surface area contributed by atoms with Crippen LogP contribution in [0.2, 0.25) is 0 Å². The number of nitrogens with zero attached hydrogens (tertiary/aromatic N) is 1. The van der Waals surface area contributed by atoms with E-state index in [1.54, 1.807) is 44.4 Å². The summed E-state index contributed by atoms with van der Waals surface area (Å²) in [7, 11) is 4.93. The molecule has 4 heteroatoms. The quantitative estimate of drug-likeness (QED) is 0.642. The lowest BCUT2D eigenvalue weighted by Gasteiger charge is -2.18. The van der Waals surface area contributed by atoms with Gasteiger partial charge in [-0.2, -0.15) is 0 Å². The third-order valence-corrected chi connectivity index (χ3v) is 4.46. The van der Waals surface area contributed by atoms with Crippen LogP contribution in [0.25, 0.3) is 11.1 Å². The average molecular weight is 361 g/mol. The Kier molecular flexibility index (Phi) is 5.77. The highest BCUT2D eigenvalue weighted by molar-refractivity contribution is 5.94. The second kappa shape index (κ2) is 8.41. The molecule has 0 aliphatic carbocycles. The fourth-order valence-electron chi connectivity index (χ4n) is 2.97. The van der Waals surface area contributed by atoms with Crippen LogP contribution < -0.4 is 9.47 Å². The monoisotopic (exact) mass is 361 g/mol. The van der Waals surface area contributed by atoms with Crippen molar-refractivity contribution in [3.63, 3.8) is 0 Å². The van der Waals surface area contributed by atoms with Crippen molar-refractivity contribution in [2.75, 3.05) is 21.3 Å². The summed E-state index contributed by atoms with van der Waals surface area (Å²) in [4.78, 5) is 14.4. The molecule has 0 aromatic heterocycles. The van der Waals surface area contributed by atoms with Gasteiger partial charge in [-0.05, 0) is 34.9 Å². The lowest BCUT2D eigenvalue weighted by Crippen LogP contribution is -2.26. The molecule has 27 heavy (non-hydrogen) atoms. The first-order valence-corrected chi connectivity index (χ1v) is 8.74. The number of benzene rings is 3. The molecular formula is C23H23NO3. The largest absolute Gasteiger partial charge is 0.493 e. The van der Waals surface area contributed by atoms with Gasteiger partial charge in [-0.1, -0.05) is 54.6 Å². The third kappa shape index (κ3) is 4.29. The summed E-state index contributed by atoms with van der Waals surface area (Å²) in [6.07, 6.45) is 0. The molecule has 0 aliphatic heterocycles. The molecule has 0 bridgehead atoms. The number of ether oxygens (including phenoxy) is 2. The number of carbonyl (C=O) groups excluding carboxylic acids is 1.